The number of aromatic nitrogens is 2. The summed E-state index contributed by atoms with van der Waals surface area (Å²) >= 11 is 0. The molecule has 1 fully saturated rings. The molecule has 1 aliphatic heterocycles. The van der Waals surface area contributed by atoms with E-state index < -0.39 is 0 Å². The highest BCUT2D eigenvalue weighted by Crippen LogP contribution is 2.23. The number of anilines is 3. The van der Waals surface area contributed by atoms with Gasteiger partial charge in [0.15, 0.2) is 0 Å². The maximum absolute atomic E-state index is 12.0. The topological polar surface area (TPSA) is 70.2 Å². The van der Waals surface area contributed by atoms with Gasteiger partial charge in [-0.25, -0.2) is 9.97 Å². The molecule has 0 radical (unpaired) electrons. The molecule has 1 aromatic carbocycles. The number of hydrogen-bond acceptors (Lipinski definition) is 5. The Labute approximate surface area is 142 Å². The maximum Gasteiger partial charge on any atom is 0.270 e. The molecule has 1 aliphatic rings. The molecule has 0 saturated carbocycles. The minimum Gasteiger partial charge on any atom is -0.372 e. The molecule has 0 aliphatic carbocycles. The van der Waals surface area contributed by atoms with Gasteiger partial charge in [-0.1, -0.05) is 0 Å². The molecule has 3 rings (SSSR count). The predicted molar refractivity (Wildman–Crippen MR) is 95.8 cm³/mol. The highest BCUT2D eigenvalue weighted by Gasteiger charge is 2.12. The number of nitrogens with one attached hydrogen (secondary N) is 2. The quantitative estimate of drug-likeness (QED) is 0.884. The van der Waals surface area contributed by atoms with Crippen LogP contribution in [0.1, 0.15) is 37.2 Å². The third-order valence-electron chi connectivity index (χ3n) is 3.90. The molecule has 2 aromatic rings. The summed E-state index contributed by atoms with van der Waals surface area (Å²) < 4.78 is 0. The van der Waals surface area contributed by atoms with Gasteiger partial charge in [-0.2, -0.15) is 0 Å². The Morgan fingerprint density at radius 3 is 2.50 bits per heavy atom. The van der Waals surface area contributed by atoms with Crippen LogP contribution in [-0.4, -0.2) is 35.0 Å². The van der Waals surface area contributed by atoms with Crippen LogP contribution in [0.3, 0.4) is 0 Å². The minimum atomic E-state index is -0.195. The molecule has 0 atom stereocenters. The van der Waals surface area contributed by atoms with Crippen molar-refractivity contribution in [3.63, 3.8) is 0 Å². The van der Waals surface area contributed by atoms with Crippen LogP contribution in [0.25, 0.3) is 0 Å². The second-order valence-electron chi connectivity index (χ2n) is 6.26. The van der Waals surface area contributed by atoms with Crippen LogP contribution >= 0.6 is 0 Å². The van der Waals surface area contributed by atoms with Crippen molar-refractivity contribution in [3.8, 4) is 0 Å². The molecule has 1 amide bonds. The van der Waals surface area contributed by atoms with E-state index in [1.54, 1.807) is 12.3 Å². The lowest BCUT2D eigenvalue weighted by atomic mass is 10.2. The van der Waals surface area contributed by atoms with Crippen molar-refractivity contribution in [2.75, 3.05) is 23.3 Å². The van der Waals surface area contributed by atoms with E-state index in [2.05, 4.69) is 37.6 Å². The zero-order valence-corrected chi connectivity index (χ0v) is 14.1. The van der Waals surface area contributed by atoms with E-state index >= 15 is 0 Å². The van der Waals surface area contributed by atoms with Crippen LogP contribution in [0.15, 0.2) is 36.5 Å². The maximum atomic E-state index is 12.0. The van der Waals surface area contributed by atoms with Gasteiger partial charge in [0, 0.05) is 36.7 Å². The molecule has 6 nitrogen and oxygen atoms in total. The van der Waals surface area contributed by atoms with Gasteiger partial charge in [0.25, 0.3) is 5.91 Å². The van der Waals surface area contributed by atoms with Crippen molar-refractivity contribution < 1.29 is 4.79 Å². The molecular weight excluding hydrogens is 302 g/mol. The Balaban J connectivity index is 1.68. The van der Waals surface area contributed by atoms with Gasteiger partial charge in [-0.05, 0) is 57.0 Å². The molecular formula is C18H23N5O. The average molecular weight is 325 g/mol. The molecule has 1 aromatic heterocycles. The van der Waals surface area contributed by atoms with E-state index in [1.807, 2.05) is 26.0 Å². The van der Waals surface area contributed by atoms with Crippen molar-refractivity contribution in [1.29, 1.82) is 0 Å². The Morgan fingerprint density at radius 2 is 1.83 bits per heavy atom. The first-order valence-electron chi connectivity index (χ1n) is 8.38. The van der Waals surface area contributed by atoms with E-state index in [9.17, 15) is 4.79 Å². The molecule has 2 N–H and O–H groups in total. The third kappa shape index (κ3) is 4.01. The van der Waals surface area contributed by atoms with Crippen molar-refractivity contribution in [2.45, 2.75) is 32.7 Å². The molecule has 6 heteroatoms. The van der Waals surface area contributed by atoms with Gasteiger partial charge in [-0.3, -0.25) is 4.79 Å². The summed E-state index contributed by atoms with van der Waals surface area (Å²) in [6.07, 6.45) is 4.11. The normalized spacial score (nSPS) is 14.0. The second kappa shape index (κ2) is 7.29. The fourth-order valence-electron chi connectivity index (χ4n) is 2.74. The van der Waals surface area contributed by atoms with E-state index in [0.717, 1.165) is 18.8 Å². The van der Waals surface area contributed by atoms with Gasteiger partial charge < -0.3 is 15.5 Å². The number of carbonyl (C=O) groups is 1. The predicted octanol–water partition coefficient (Wildman–Crippen LogP) is 2.96. The molecule has 2 heterocycles. The molecule has 0 unspecified atom stereocenters. The van der Waals surface area contributed by atoms with E-state index in [-0.39, 0.29) is 11.9 Å². The first-order valence-corrected chi connectivity index (χ1v) is 8.38. The first-order chi connectivity index (χ1) is 11.6. The van der Waals surface area contributed by atoms with Gasteiger partial charge in [0.1, 0.15) is 5.69 Å². The molecule has 24 heavy (non-hydrogen) atoms. The molecule has 1 saturated heterocycles. The monoisotopic (exact) mass is 325 g/mol. The zero-order chi connectivity index (χ0) is 16.9. The van der Waals surface area contributed by atoms with Crippen molar-refractivity contribution in [1.82, 2.24) is 15.3 Å². The summed E-state index contributed by atoms with van der Waals surface area (Å²) in [5.74, 6) is 0.222. The van der Waals surface area contributed by atoms with Crippen LogP contribution in [0.4, 0.5) is 17.3 Å². The van der Waals surface area contributed by atoms with E-state index in [4.69, 9.17) is 0 Å². The van der Waals surface area contributed by atoms with Gasteiger partial charge >= 0.3 is 0 Å². The van der Waals surface area contributed by atoms with Crippen LogP contribution in [0.2, 0.25) is 0 Å². The molecule has 126 valence electrons. The van der Waals surface area contributed by atoms with Crippen LogP contribution in [0.5, 0.6) is 0 Å². The molecule has 0 spiro atoms. The van der Waals surface area contributed by atoms with Gasteiger partial charge in [0.2, 0.25) is 5.95 Å². The smallest absolute Gasteiger partial charge is 0.270 e. The summed E-state index contributed by atoms with van der Waals surface area (Å²) in [6.45, 7) is 6.09. The number of amides is 1. The van der Waals surface area contributed by atoms with Gasteiger partial charge in [-0.15, -0.1) is 0 Å². The van der Waals surface area contributed by atoms with Crippen LogP contribution < -0.4 is 15.5 Å². The Bertz CT molecular complexity index is 693. The van der Waals surface area contributed by atoms with Crippen LogP contribution in [-0.2, 0) is 0 Å². The number of benzene rings is 1. The largest absolute Gasteiger partial charge is 0.372 e. The SMILES string of the molecule is CC(C)NC(=O)c1ccnc(Nc2ccc(N3CCCC3)cc2)n1. The Kier molecular flexibility index (Phi) is 4.93. The third-order valence-corrected chi connectivity index (χ3v) is 3.90. The lowest BCUT2D eigenvalue weighted by Crippen LogP contribution is -2.30. The second-order valence-corrected chi connectivity index (χ2v) is 6.26. The summed E-state index contributed by atoms with van der Waals surface area (Å²) in [4.78, 5) is 22.9. The standard InChI is InChI=1S/C18H23N5O/c1-13(2)20-17(24)16-9-10-19-18(22-16)21-14-5-7-15(8-6-14)23-11-3-4-12-23/h5-10,13H,3-4,11-12H2,1-2H3,(H,20,24)(H,19,21,22). The summed E-state index contributed by atoms with van der Waals surface area (Å²) in [7, 11) is 0. The number of hydrogen-bond donors (Lipinski definition) is 2. The Hall–Kier alpha value is -2.63. The summed E-state index contributed by atoms with van der Waals surface area (Å²) in [6, 6.07) is 9.91. The number of rotatable bonds is 5. The van der Waals surface area contributed by atoms with Crippen LogP contribution in [0, 0.1) is 0 Å². The fraction of sp³-hybridized carbons (Fsp3) is 0.389. The molecule has 0 bridgehead atoms. The van der Waals surface area contributed by atoms with E-state index in [0.29, 0.717) is 11.6 Å². The minimum absolute atomic E-state index is 0.0713. The van der Waals surface area contributed by atoms with Gasteiger partial charge in [0.05, 0.1) is 0 Å². The lowest BCUT2D eigenvalue weighted by Gasteiger charge is -2.17. The zero-order valence-electron chi connectivity index (χ0n) is 14.1. The number of nitrogens with zero attached hydrogens (tertiary/aromatic N) is 3. The average Bonchev–Trinajstić information content (AvgIpc) is 3.10. The summed E-state index contributed by atoms with van der Waals surface area (Å²) in [5, 5.41) is 5.98. The van der Waals surface area contributed by atoms with Crippen molar-refractivity contribution in [2.24, 2.45) is 0 Å². The van der Waals surface area contributed by atoms with Crippen molar-refractivity contribution >= 4 is 23.2 Å². The fourth-order valence-corrected chi connectivity index (χ4v) is 2.74. The van der Waals surface area contributed by atoms with E-state index in [1.165, 1.54) is 18.5 Å². The lowest BCUT2D eigenvalue weighted by molar-refractivity contribution is 0.0938. The number of carbonyl (C=O) groups excluding carboxylic acids is 1. The van der Waals surface area contributed by atoms with Crippen molar-refractivity contribution in [3.05, 3.63) is 42.2 Å². The first kappa shape index (κ1) is 16.2. The Morgan fingerprint density at radius 1 is 1.12 bits per heavy atom. The highest BCUT2D eigenvalue weighted by molar-refractivity contribution is 5.92. The summed E-state index contributed by atoms with van der Waals surface area (Å²) in [5.41, 5.74) is 2.50. The highest BCUT2D eigenvalue weighted by atomic mass is 16.1.